The third-order valence-corrected chi connectivity index (χ3v) is 4.42. The molecular formula is C21H19F3N3O2+. The maximum atomic E-state index is 12.3. The molecule has 0 saturated carbocycles. The second-order valence-corrected chi connectivity index (χ2v) is 6.52. The summed E-state index contributed by atoms with van der Waals surface area (Å²) in [6, 6.07) is 19.3. The molecule has 1 aromatic heterocycles. The van der Waals surface area contributed by atoms with Crippen molar-refractivity contribution in [3.63, 3.8) is 0 Å². The number of benzene rings is 2. The van der Waals surface area contributed by atoms with E-state index < -0.39 is 6.36 Å². The SMILES string of the molecule is FC(F)(F)Oc1ccc(-c2ccc3[n+](c2)CN(CCOc2ccccc2)N3)cc1. The molecule has 0 unspecified atom stereocenters. The van der Waals surface area contributed by atoms with Crippen LogP contribution < -0.4 is 19.5 Å². The summed E-state index contributed by atoms with van der Waals surface area (Å²) in [5.74, 6) is 1.53. The second kappa shape index (κ2) is 8.00. The van der Waals surface area contributed by atoms with E-state index in [4.69, 9.17) is 4.74 Å². The van der Waals surface area contributed by atoms with Gasteiger partial charge in [0, 0.05) is 11.6 Å². The first-order valence-corrected chi connectivity index (χ1v) is 9.05. The number of nitrogens with one attached hydrogen (secondary N) is 1. The predicted molar refractivity (Wildman–Crippen MR) is 101 cm³/mol. The van der Waals surface area contributed by atoms with Gasteiger partial charge in [-0.25, -0.2) is 4.57 Å². The van der Waals surface area contributed by atoms with Gasteiger partial charge in [0.05, 0.1) is 6.54 Å². The molecule has 0 aliphatic carbocycles. The summed E-state index contributed by atoms with van der Waals surface area (Å²) in [6.45, 7) is 1.87. The number of hydrogen-bond acceptors (Lipinski definition) is 4. The average Bonchev–Trinajstić information content (AvgIpc) is 3.10. The lowest BCUT2D eigenvalue weighted by Gasteiger charge is -2.10. The van der Waals surface area contributed by atoms with E-state index in [1.54, 1.807) is 12.1 Å². The van der Waals surface area contributed by atoms with E-state index in [0.717, 1.165) is 22.7 Å². The van der Waals surface area contributed by atoms with Gasteiger partial charge in [-0.2, -0.15) is 5.43 Å². The Morgan fingerprint density at radius 1 is 0.897 bits per heavy atom. The highest BCUT2D eigenvalue weighted by Crippen LogP contribution is 2.26. The fraction of sp³-hybridized carbons (Fsp3) is 0.190. The van der Waals surface area contributed by atoms with Crippen molar-refractivity contribution in [2.75, 3.05) is 18.6 Å². The summed E-state index contributed by atoms with van der Waals surface area (Å²) in [6.07, 6.45) is -2.73. The largest absolute Gasteiger partial charge is 0.573 e. The van der Waals surface area contributed by atoms with Gasteiger partial charge in [-0.15, -0.1) is 18.2 Å². The molecule has 0 radical (unpaired) electrons. The molecule has 0 fully saturated rings. The quantitative estimate of drug-likeness (QED) is 0.627. The fourth-order valence-electron chi connectivity index (χ4n) is 3.08. The summed E-state index contributed by atoms with van der Waals surface area (Å²) in [5.41, 5.74) is 5.01. The van der Waals surface area contributed by atoms with Gasteiger partial charge in [0.25, 0.3) is 5.82 Å². The van der Waals surface area contributed by atoms with Crippen molar-refractivity contribution >= 4 is 5.82 Å². The van der Waals surface area contributed by atoms with Crippen LogP contribution in [-0.4, -0.2) is 24.5 Å². The molecule has 1 aliphatic heterocycles. The lowest BCUT2D eigenvalue weighted by atomic mass is 10.1. The molecule has 150 valence electrons. The fourth-order valence-corrected chi connectivity index (χ4v) is 3.08. The molecule has 0 saturated heterocycles. The first kappa shape index (κ1) is 19.1. The minimum Gasteiger partial charge on any atom is -0.492 e. The predicted octanol–water partition coefficient (Wildman–Crippen LogP) is 4.22. The van der Waals surface area contributed by atoms with Gasteiger partial charge in [0.2, 0.25) is 0 Å². The second-order valence-electron chi connectivity index (χ2n) is 6.52. The minimum absolute atomic E-state index is 0.235. The van der Waals surface area contributed by atoms with Crippen LogP contribution in [0.15, 0.2) is 72.9 Å². The van der Waals surface area contributed by atoms with Gasteiger partial charge in [-0.1, -0.05) is 30.3 Å². The van der Waals surface area contributed by atoms with E-state index in [1.807, 2.05) is 58.2 Å². The number of ether oxygens (including phenoxy) is 2. The van der Waals surface area contributed by atoms with E-state index in [9.17, 15) is 13.2 Å². The van der Waals surface area contributed by atoms with Crippen LogP contribution >= 0.6 is 0 Å². The Hall–Kier alpha value is -3.26. The smallest absolute Gasteiger partial charge is 0.492 e. The first-order valence-electron chi connectivity index (χ1n) is 9.05. The monoisotopic (exact) mass is 402 g/mol. The first-order chi connectivity index (χ1) is 14.0. The van der Waals surface area contributed by atoms with Gasteiger partial charge in [0.15, 0.2) is 6.67 Å². The summed E-state index contributed by atoms with van der Waals surface area (Å²) < 4.78 is 48.6. The molecule has 0 spiro atoms. The molecule has 2 aromatic carbocycles. The Morgan fingerprint density at radius 3 is 2.34 bits per heavy atom. The number of anilines is 1. The highest BCUT2D eigenvalue weighted by molar-refractivity contribution is 5.63. The summed E-state index contributed by atoms with van der Waals surface area (Å²) in [4.78, 5) is 0. The summed E-state index contributed by atoms with van der Waals surface area (Å²) in [5, 5.41) is 2.03. The molecule has 5 nitrogen and oxygen atoms in total. The molecule has 0 atom stereocenters. The van der Waals surface area contributed by atoms with Gasteiger partial charge >= 0.3 is 6.36 Å². The maximum Gasteiger partial charge on any atom is 0.573 e. The van der Waals surface area contributed by atoms with E-state index in [2.05, 4.69) is 10.2 Å². The minimum atomic E-state index is -4.69. The van der Waals surface area contributed by atoms with Crippen LogP contribution in [0, 0.1) is 0 Å². The van der Waals surface area contributed by atoms with Crippen molar-refractivity contribution in [3.05, 3.63) is 72.9 Å². The van der Waals surface area contributed by atoms with Gasteiger partial charge in [-0.3, -0.25) is 0 Å². The number of rotatable bonds is 6. The molecule has 0 amide bonds. The van der Waals surface area contributed by atoms with Crippen molar-refractivity contribution in [2.24, 2.45) is 0 Å². The normalized spacial score (nSPS) is 13.6. The van der Waals surface area contributed by atoms with Crippen molar-refractivity contribution < 1.29 is 27.2 Å². The van der Waals surface area contributed by atoms with Crippen LogP contribution in [0.2, 0.25) is 0 Å². The number of halogens is 3. The van der Waals surface area contributed by atoms with E-state index in [1.165, 1.54) is 12.1 Å². The Balaban J connectivity index is 1.36. The number of fused-ring (bicyclic) bond motifs is 1. The van der Waals surface area contributed by atoms with Crippen LogP contribution in [0.4, 0.5) is 19.0 Å². The highest BCUT2D eigenvalue weighted by Gasteiger charge is 2.31. The van der Waals surface area contributed by atoms with Crippen molar-refractivity contribution in [1.29, 1.82) is 0 Å². The Kier molecular flexibility index (Phi) is 5.26. The van der Waals surface area contributed by atoms with E-state index in [0.29, 0.717) is 19.8 Å². The van der Waals surface area contributed by atoms with Crippen LogP contribution in [0.25, 0.3) is 11.1 Å². The van der Waals surface area contributed by atoms with Crippen LogP contribution in [0.5, 0.6) is 11.5 Å². The molecule has 1 N–H and O–H groups in total. The molecule has 4 rings (SSSR count). The Bertz CT molecular complexity index is 963. The van der Waals surface area contributed by atoms with Crippen molar-refractivity contribution in [3.8, 4) is 22.6 Å². The third kappa shape index (κ3) is 4.97. The van der Waals surface area contributed by atoms with Crippen LogP contribution in [0.3, 0.4) is 0 Å². The molecular weight excluding hydrogens is 383 g/mol. The zero-order valence-electron chi connectivity index (χ0n) is 15.4. The maximum absolute atomic E-state index is 12.3. The number of para-hydroxylation sites is 1. The number of hydrazine groups is 1. The number of hydrogen-bond donors (Lipinski definition) is 1. The van der Waals surface area contributed by atoms with Gasteiger partial charge < -0.3 is 9.47 Å². The van der Waals surface area contributed by atoms with Crippen LogP contribution in [-0.2, 0) is 6.67 Å². The van der Waals surface area contributed by atoms with Gasteiger partial charge in [-0.05, 0) is 35.9 Å². The third-order valence-electron chi connectivity index (χ3n) is 4.42. The zero-order valence-corrected chi connectivity index (χ0v) is 15.4. The van der Waals surface area contributed by atoms with E-state index >= 15 is 0 Å². The topological polar surface area (TPSA) is 37.6 Å². The van der Waals surface area contributed by atoms with Crippen molar-refractivity contribution in [1.82, 2.24) is 5.01 Å². The number of alkyl halides is 3. The van der Waals surface area contributed by atoms with Crippen LogP contribution in [0.1, 0.15) is 0 Å². The van der Waals surface area contributed by atoms with Crippen molar-refractivity contribution in [2.45, 2.75) is 13.0 Å². The van der Waals surface area contributed by atoms with Gasteiger partial charge in [0.1, 0.15) is 24.3 Å². The number of pyridine rings is 1. The summed E-state index contributed by atoms with van der Waals surface area (Å²) in [7, 11) is 0. The highest BCUT2D eigenvalue weighted by atomic mass is 19.4. The molecule has 1 aliphatic rings. The molecule has 29 heavy (non-hydrogen) atoms. The number of nitrogens with zero attached hydrogens (tertiary/aromatic N) is 2. The standard InChI is InChI=1S/C21H18F3N3O2/c22-21(23,24)29-19-9-6-16(7-10-19)17-8-11-20-25-27(15-26(20)14-17)12-13-28-18-4-2-1-3-5-18/h1-11,14H,12-13,15H2/p+1. The molecule has 8 heteroatoms. The number of aromatic nitrogens is 1. The lowest BCUT2D eigenvalue weighted by Crippen LogP contribution is -2.37. The summed E-state index contributed by atoms with van der Waals surface area (Å²) >= 11 is 0. The molecule has 2 heterocycles. The lowest BCUT2D eigenvalue weighted by molar-refractivity contribution is -0.685. The Morgan fingerprint density at radius 2 is 1.62 bits per heavy atom. The zero-order chi connectivity index (χ0) is 20.3. The Labute approximate surface area is 165 Å². The van der Waals surface area contributed by atoms with E-state index in [-0.39, 0.29) is 5.75 Å². The molecule has 3 aromatic rings. The molecule has 0 bridgehead atoms. The average molecular weight is 402 g/mol.